The molecule has 0 aromatic heterocycles. The summed E-state index contributed by atoms with van der Waals surface area (Å²) in [5.74, 6) is -0.535. The van der Waals surface area contributed by atoms with E-state index in [9.17, 15) is 9.59 Å². The lowest BCUT2D eigenvalue weighted by molar-refractivity contribution is -0.136. The SMILES string of the molecule is COc1cc(/C=N/NC(=O)C(=O)Nc2cc(C)ccc2C)ccc1OCc1ccc(C)cc1. The molecule has 0 saturated carbocycles. The molecule has 0 fully saturated rings. The number of carbonyl (C=O) groups is 2. The van der Waals surface area contributed by atoms with Crippen LogP contribution in [0, 0.1) is 20.8 Å². The molecular formula is C26H27N3O4. The summed E-state index contributed by atoms with van der Waals surface area (Å²) < 4.78 is 11.3. The van der Waals surface area contributed by atoms with Crippen LogP contribution >= 0.6 is 0 Å². The average Bonchev–Trinajstić information content (AvgIpc) is 2.81. The highest BCUT2D eigenvalue weighted by Gasteiger charge is 2.14. The van der Waals surface area contributed by atoms with E-state index in [1.807, 2.05) is 57.2 Å². The number of hydrogen-bond acceptors (Lipinski definition) is 5. The van der Waals surface area contributed by atoms with Gasteiger partial charge in [-0.05, 0) is 67.3 Å². The molecule has 3 rings (SSSR count). The van der Waals surface area contributed by atoms with Crippen LogP contribution in [-0.2, 0) is 16.2 Å². The largest absolute Gasteiger partial charge is 0.493 e. The highest BCUT2D eigenvalue weighted by molar-refractivity contribution is 6.39. The van der Waals surface area contributed by atoms with Crippen LogP contribution in [0.25, 0.3) is 0 Å². The lowest BCUT2D eigenvalue weighted by atomic mass is 10.1. The van der Waals surface area contributed by atoms with Crippen LogP contribution in [0.15, 0.2) is 65.8 Å². The summed E-state index contributed by atoms with van der Waals surface area (Å²) in [4.78, 5) is 24.2. The lowest BCUT2D eigenvalue weighted by Gasteiger charge is -2.11. The zero-order valence-corrected chi connectivity index (χ0v) is 19.1. The molecule has 0 unspecified atom stereocenters. The number of methoxy groups -OCH3 is 1. The van der Waals surface area contributed by atoms with Gasteiger partial charge >= 0.3 is 11.8 Å². The molecule has 3 aromatic rings. The van der Waals surface area contributed by atoms with E-state index in [2.05, 4.69) is 15.8 Å². The number of nitrogens with zero attached hydrogens (tertiary/aromatic N) is 1. The van der Waals surface area contributed by atoms with Crippen molar-refractivity contribution in [1.29, 1.82) is 0 Å². The Morgan fingerprint density at radius 3 is 2.33 bits per heavy atom. The highest BCUT2D eigenvalue weighted by Crippen LogP contribution is 2.28. The molecule has 2 amide bonds. The van der Waals surface area contributed by atoms with Gasteiger partial charge in [0.1, 0.15) is 6.61 Å². The third kappa shape index (κ3) is 6.67. The van der Waals surface area contributed by atoms with Crippen LogP contribution in [-0.4, -0.2) is 25.1 Å². The van der Waals surface area contributed by atoms with Crippen LogP contribution in [0.4, 0.5) is 5.69 Å². The minimum atomic E-state index is -0.864. The molecular weight excluding hydrogens is 418 g/mol. The normalized spacial score (nSPS) is 10.7. The molecule has 0 atom stereocenters. The van der Waals surface area contributed by atoms with Crippen molar-refractivity contribution in [3.8, 4) is 11.5 Å². The summed E-state index contributed by atoms with van der Waals surface area (Å²) in [5, 5.41) is 6.46. The van der Waals surface area contributed by atoms with Gasteiger partial charge in [0.05, 0.1) is 13.3 Å². The standard InChI is InChI=1S/C26H27N3O4/c1-17-6-9-20(10-7-17)16-33-23-12-11-21(14-24(23)32-4)15-27-29-26(31)25(30)28-22-13-18(2)5-8-19(22)3/h5-15H,16H2,1-4H3,(H,28,30)(H,29,31)/b27-15+. The summed E-state index contributed by atoms with van der Waals surface area (Å²) in [7, 11) is 1.55. The van der Waals surface area contributed by atoms with E-state index in [1.54, 1.807) is 31.4 Å². The molecule has 33 heavy (non-hydrogen) atoms. The Hall–Kier alpha value is -4.13. The molecule has 7 nitrogen and oxygen atoms in total. The molecule has 0 saturated heterocycles. The zero-order chi connectivity index (χ0) is 23.8. The van der Waals surface area contributed by atoms with Gasteiger partial charge in [-0.2, -0.15) is 5.10 Å². The second-order valence-corrected chi connectivity index (χ2v) is 7.66. The molecule has 7 heteroatoms. The number of nitrogens with one attached hydrogen (secondary N) is 2. The second-order valence-electron chi connectivity index (χ2n) is 7.66. The molecule has 0 radical (unpaired) electrons. The monoisotopic (exact) mass is 445 g/mol. The molecule has 0 heterocycles. The summed E-state index contributed by atoms with van der Waals surface area (Å²) in [6.45, 7) is 6.21. The zero-order valence-electron chi connectivity index (χ0n) is 19.1. The minimum Gasteiger partial charge on any atom is -0.493 e. The van der Waals surface area contributed by atoms with Crippen LogP contribution in [0.5, 0.6) is 11.5 Å². The second kappa shape index (κ2) is 10.9. The number of anilines is 1. The van der Waals surface area contributed by atoms with E-state index < -0.39 is 11.8 Å². The van der Waals surface area contributed by atoms with Crippen molar-refractivity contribution in [2.45, 2.75) is 27.4 Å². The third-order valence-electron chi connectivity index (χ3n) is 4.93. The van der Waals surface area contributed by atoms with Gasteiger partial charge in [0, 0.05) is 5.69 Å². The fourth-order valence-electron chi connectivity index (χ4n) is 2.99. The smallest absolute Gasteiger partial charge is 0.329 e. The Kier molecular flexibility index (Phi) is 7.81. The maximum Gasteiger partial charge on any atom is 0.329 e. The molecule has 0 aliphatic carbocycles. The topological polar surface area (TPSA) is 89.0 Å². The van der Waals surface area contributed by atoms with Crippen molar-refractivity contribution in [2.24, 2.45) is 5.10 Å². The number of benzene rings is 3. The Labute approximate surface area is 193 Å². The number of rotatable bonds is 7. The Balaban J connectivity index is 1.57. The first-order valence-electron chi connectivity index (χ1n) is 10.4. The van der Waals surface area contributed by atoms with Crippen molar-refractivity contribution in [3.05, 3.63) is 88.5 Å². The van der Waals surface area contributed by atoms with Crippen molar-refractivity contribution >= 4 is 23.7 Å². The van der Waals surface area contributed by atoms with Crippen molar-refractivity contribution in [3.63, 3.8) is 0 Å². The summed E-state index contributed by atoms with van der Waals surface area (Å²) in [6.07, 6.45) is 1.43. The maximum atomic E-state index is 12.1. The third-order valence-corrected chi connectivity index (χ3v) is 4.93. The predicted molar refractivity (Wildman–Crippen MR) is 129 cm³/mol. The average molecular weight is 446 g/mol. The van der Waals surface area contributed by atoms with Crippen LogP contribution in [0.1, 0.15) is 27.8 Å². The van der Waals surface area contributed by atoms with E-state index in [0.29, 0.717) is 29.4 Å². The molecule has 0 spiro atoms. The molecule has 170 valence electrons. The fraction of sp³-hybridized carbons (Fsp3) is 0.192. The lowest BCUT2D eigenvalue weighted by Crippen LogP contribution is -2.32. The summed E-state index contributed by atoms with van der Waals surface area (Å²) in [5.41, 5.74) is 7.58. The quantitative estimate of drug-likeness (QED) is 0.323. The van der Waals surface area contributed by atoms with Crippen molar-refractivity contribution in [2.75, 3.05) is 12.4 Å². The Morgan fingerprint density at radius 1 is 0.879 bits per heavy atom. The molecule has 0 aliphatic rings. The van der Waals surface area contributed by atoms with Gasteiger partial charge in [-0.3, -0.25) is 9.59 Å². The van der Waals surface area contributed by atoms with Gasteiger partial charge in [-0.25, -0.2) is 5.43 Å². The number of ether oxygens (including phenoxy) is 2. The van der Waals surface area contributed by atoms with Gasteiger partial charge in [0.2, 0.25) is 0 Å². The number of amides is 2. The molecule has 0 bridgehead atoms. The number of aryl methyl sites for hydroxylation is 3. The van der Waals surface area contributed by atoms with Gasteiger partial charge in [0.15, 0.2) is 11.5 Å². The van der Waals surface area contributed by atoms with Gasteiger partial charge in [-0.1, -0.05) is 42.0 Å². The predicted octanol–water partition coefficient (Wildman–Crippen LogP) is 4.29. The van der Waals surface area contributed by atoms with E-state index in [4.69, 9.17) is 9.47 Å². The van der Waals surface area contributed by atoms with E-state index in [1.165, 1.54) is 11.8 Å². The summed E-state index contributed by atoms with van der Waals surface area (Å²) in [6, 6.07) is 19.0. The molecule has 0 aliphatic heterocycles. The Morgan fingerprint density at radius 2 is 1.61 bits per heavy atom. The first-order chi connectivity index (χ1) is 15.9. The fourth-order valence-corrected chi connectivity index (χ4v) is 2.99. The van der Waals surface area contributed by atoms with Crippen molar-refractivity contribution in [1.82, 2.24) is 5.43 Å². The molecule has 3 aromatic carbocycles. The van der Waals surface area contributed by atoms with E-state index >= 15 is 0 Å². The van der Waals surface area contributed by atoms with Gasteiger partial charge in [0.25, 0.3) is 0 Å². The summed E-state index contributed by atoms with van der Waals surface area (Å²) >= 11 is 0. The van der Waals surface area contributed by atoms with Gasteiger partial charge < -0.3 is 14.8 Å². The van der Waals surface area contributed by atoms with Crippen molar-refractivity contribution < 1.29 is 19.1 Å². The number of hydrogen-bond donors (Lipinski definition) is 2. The maximum absolute atomic E-state index is 12.1. The first kappa shape index (κ1) is 23.5. The van der Waals surface area contributed by atoms with Crippen LogP contribution in [0.3, 0.4) is 0 Å². The number of hydrazone groups is 1. The Bertz CT molecular complexity index is 1170. The molecule has 2 N–H and O–H groups in total. The first-order valence-corrected chi connectivity index (χ1v) is 10.4. The number of carbonyl (C=O) groups excluding carboxylic acids is 2. The van der Waals surface area contributed by atoms with Crippen LogP contribution in [0.2, 0.25) is 0 Å². The van der Waals surface area contributed by atoms with Crippen LogP contribution < -0.4 is 20.2 Å². The van der Waals surface area contributed by atoms with E-state index in [-0.39, 0.29) is 0 Å². The highest BCUT2D eigenvalue weighted by atomic mass is 16.5. The van der Waals surface area contributed by atoms with E-state index in [0.717, 1.165) is 16.7 Å². The van der Waals surface area contributed by atoms with Gasteiger partial charge in [-0.15, -0.1) is 0 Å². The minimum absolute atomic E-state index is 0.412.